The van der Waals surface area contributed by atoms with Crippen molar-refractivity contribution in [1.29, 1.82) is 0 Å². The van der Waals surface area contributed by atoms with Crippen LogP contribution < -0.4 is 0 Å². The molecule has 0 unspecified atom stereocenters. The van der Waals surface area contributed by atoms with E-state index in [2.05, 4.69) is 6.92 Å². The summed E-state index contributed by atoms with van der Waals surface area (Å²) < 4.78 is 0. The third-order valence-electron chi connectivity index (χ3n) is 3.29. The summed E-state index contributed by atoms with van der Waals surface area (Å²) in [6.07, 6.45) is 24.8. The molecule has 0 heterocycles. The molecule has 26 heavy (non-hydrogen) atoms. The number of hydrogen-bond donors (Lipinski definition) is 3. The first-order valence-electron chi connectivity index (χ1n) is 9.10. The number of carboxylic acid groups (broad SMARTS) is 1. The number of aliphatic hydroxyl groups is 2. The molecule has 0 bridgehead atoms. The third-order valence-corrected chi connectivity index (χ3v) is 3.29. The Bertz CT molecular complexity index is 524. The van der Waals surface area contributed by atoms with Gasteiger partial charge < -0.3 is 15.3 Å². The van der Waals surface area contributed by atoms with Crippen LogP contribution in [-0.4, -0.2) is 33.5 Å². The fourth-order valence-electron chi connectivity index (χ4n) is 1.90. The lowest BCUT2D eigenvalue weighted by Crippen LogP contribution is -1.98. The Morgan fingerprint density at radius 3 is 1.88 bits per heavy atom. The summed E-state index contributed by atoms with van der Waals surface area (Å²) in [5, 5.41) is 28.0. The van der Waals surface area contributed by atoms with Crippen LogP contribution in [0.4, 0.5) is 0 Å². The molecule has 0 radical (unpaired) electrons. The number of hydrogen-bond acceptors (Lipinski definition) is 3. The monoisotopic (exact) mass is 360 g/mol. The second-order valence-corrected chi connectivity index (χ2v) is 5.75. The molecular weight excluding hydrogens is 328 g/mol. The summed E-state index contributed by atoms with van der Waals surface area (Å²) in [4.78, 5) is 10.3. The van der Waals surface area contributed by atoms with Crippen LogP contribution in [0.1, 0.15) is 45.4 Å². The molecule has 0 saturated carbocycles. The van der Waals surface area contributed by atoms with Crippen molar-refractivity contribution >= 4 is 5.97 Å². The number of carboxylic acids is 1. The van der Waals surface area contributed by atoms with Crippen LogP contribution in [0.5, 0.6) is 0 Å². The van der Waals surface area contributed by atoms with Gasteiger partial charge in [0.1, 0.15) is 0 Å². The van der Waals surface area contributed by atoms with Gasteiger partial charge in [0.2, 0.25) is 0 Å². The lowest BCUT2D eigenvalue weighted by atomic mass is 10.2. The van der Waals surface area contributed by atoms with Gasteiger partial charge in [0.25, 0.3) is 0 Å². The van der Waals surface area contributed by atoms with Gasteiger partial charge in [-0.3, -0.25) is 4.79 Å². The predicted octanol–water partition coefficient (Wildman–Crippen LogP) is 4.49. The summed E-state index contributed by atoms with van der Waals surface area (Å²) in [5.41, 5.74) is 0. The molecule has 0 aromatic carbocycles. The molecule has 0 saturated heterocycles. The zero-order valence-corrected chi connectivity index (χ0v) is 15.6. The number of aliphatic carboxylic acids is 1. The van der Waals surface area contributed by atoms with Crippen molar-refractivity contribution in [2.75, 3.05) is 0 Å². The maximum Gasteiger partial charge on any atom is 0.303 e. The molecule has 3 N–H and O–H groups in total. The molecule has 144 valence electrons. The first kappa shape index (κ1) is 23.8. The lowest BCUT2D eigenvalue weighted by Gasteiger charge is -1.99. The average molecular weight is 360 g/mol. The minimum atomic E-state index is -0.787. The fraction of sp³-hybridized carbons (Fsp3) is 0.409. The van der Waals surface area contributed by atoms with Crippen molar-refractivity contribution in [3.8, 4) is 0 Å². The molecule has 0 aliphatic carbocycles. The van der Waals surface area contributed by atoms with Crippen LogP contribution in [0.15, 0.2) is 72.9 Å². The highest BCUT2D eigenvalue weighted by molar-refractivity contribution is 5.66. The molecule has 4 nitrogen and oxygen atoms in total. The van der Waals surface area contributed by atoms with Gasteiger partial charge >= 0.3 is 5.97 Å². The van der Waals surface area contributed by atoms with E-state index < -0.39 is 18.2 Å². The van der Waals surface area contributed by atoms with E-state index in [1.807, 2.05) is 48.6 Å². The number of aliphatic hydroxyl groups excluding tert-OH is 2. The molecule has 0 aromatic heterocycles. The Morgan fingerprint density at radius 1 is 0.808 bits per heavy atom. The third kappa shape index (κ3) is 18.2. The van der Waals surface area contributed by atoms with Crippen LogP contribution in [-0.2, 0) is 4.79 Å². The Labute approximate surface area is 157 Å². The van der Waals surface area contributed by atoms with E-state index in [1.54, 1.807) is 24.3 Å². The number of carbonyl (C=O) groups is 1. The summed E-state index contributed by atoms with van der Waals surface area (Å²) in [6.45, 7) is 2.06. The van der Waals surface area contributed by atoms with Gasteiger partial charge in [-0.25, -0.2) is 0 Å². The number of allylic oxidation sites excluding steroid dienone is 8. The predicted molar refractivity (Wildman–Crippen MR) is 108 cm³/mol. The van der Waals surface area contributed by atoms with Crippen LogP contribution >= 0.6 is 0 Å². The highest BCUT2D eigenvalue weighted by Crippen LogP contribution is 2.00. The second-order valence-electron chi connectivity index (χ2n) is 5.75. The van der Waals surface area contributed by atoms with E-state index in [4.69, 9.17) is 5.11 Å². The Morgan fingerprint density at radius 2 is 1.35 bits per heavy atom. The smallest absolute Gasteiger partial charge is 0.303 e. The summed E-state index contributed by atoms with van der Waals surface area (Å²) in [6, 6.07) is 0. The summed E-state index contributed by atoms with van der Waals surface area (Å²) in [5.74, 6) is -0.787. The Hall–Kier alpha value is -2.17. The molecule has 0 fully saturated rings. The van der Waals surface area contributed by atoms with E-state index >= 15 is 0 Å². The summed E-state index contributed by atoms with van der Waals surface area (Å²) in [7, 11) is 0. The minimum absolute atomic E-state index is 0.154. The van der Waals surface area contributed by atoms with E-state index in [9.17, 15) is 15.0 Å². The van der Waals surface area contributed by atoms with Gasteiger partial charge in [0.05, 0.1) is 12.2 Å². The zero-order chi connectivity index (χ0) is 19.5. The first-order valence-corrected chi connectivity index (χ1v) is 9.10. The Kier molecular flexibility index (Phi) is 16.2. The summed E-state index contributed by atoms with van der Waals surface area (Å²) >= 11 is 0. The second kappa shape index (κ2) is 17.6. The van der Waals surface area contributed by atoms with Crippen molar-refractivity contribution < 1.29 is 20.1 Å². The van der Waals surface area contributed by atoms with Crippen molar-refractivity contribution in [2.24, 2.45) is 0 Å². The molecule has 0 amide bonds. The largest absolute Gasteiger partial charge is 0.481 e. The SMILES string of the molecule is CCC=CC[C@H](O)C=C/C=C/C=C/[C@H](O)CC=CCC=CCCC(=O)O. The molecule has 0 aliphatic heterocycles. The Balaban J connectivity index is 3.87. The molecule has 0 aliphatic rings. The molecule has 0 aromatic rings. The molecule has 0 spiro atoms. The van der Waals surface area contributed by atoms with Crippen molar-refractivity contribution in [1.82, 2.24) is 0 Å². The standard InChI is InChI=1S/C22H32O4/c1-2-3-10-15-20(23)17-12-8-9-13-18-21(24)16-11-6-4-5-7-14-19-22(25)26/h3,5-13,17-18,20-21,23-24H,2,4,14-16,19H2,1H3,(H,25,26)/b7-5?,9-8+,10-3?,11-6?,17-12?,18-13+/t20-,21+/m0/s1. The van der Waals surface area contributed by atoms with Gasteiger partial charge in [-0.1, -0.05) is 79.8 Å². The van der Waals surface area contributed by atoms with Crippen LogP contribution in [0.25, 0.3) is 0 Å². The minimum Gasteiger partial charge on any atom is -0.481 e. The molecule has 0 rings (SSSR count). The molecule has 2 atom stereocenters. The fourth-order valence-corrected chi connectivity index (χ4v) is 1.90. The van der Waals surface area contributed by atoms with E-state index in [-0.39, 0.29) is 6.42 Å². The zero-order valence-electron chi connectivity index (χ0n) is 15.6. The van der Waals surface area contributed by atoms with Gasteiger partial charge in [0.15, 0.2) is 0 Å². The van der Waals surface area contributed by atoms with Crippen LogP contribution in [0.2, 0.25) is 0 Å². The van der Waals surface area contributed by atoms with Gasteiger partial charge in [-0.05, 0) is 32.1 Å². The lowest BCUT2D eigenvalue weighted by molar-refractivity contribution is -0.136. The van der Waals surface area contributed by atoms with Gasteiger partial charge in [-0.15, -0.1) is 0 Å². The quantitative estimate of drug-likeness (QED) is 0.315. The van der Waals surface area contributed by atoms with Crippen molar-refractivity contribution in [3.63, 3.8) is 0 Å². The molecule has 4 heteroatoms. The van der Waals surface area contributed by atoms with Crippen LogP contribution in [0, 0.1) is 0 Å². The van der Waals surface area contributed by atoms with E-state index in [0.717, 1.165) is 12.8 Å². The van der Waals surface area contributed by atoms with Crippen molar-refractivity contribution in [3.05, 3.63) is 72.9 Å². The van der Waals surface area contributed by atoms with Gasteiger partial charge in [-0.2, -0.15) is 0 Å². The highest BCUT2D eigenvalue weighted by Gasteiger charge is 1.94. The number of rotatable bonds is 14. The van der Waals surface area contributed by atoms with Crippen LogP contribution in [0.3, 0.4) is 0 Å². The van der Waals surface area contributed by atoms with E-state index in [0.29, 0.717) is 19.3 Å². The molecular formula is C22H32O4. The van der Waals surface area contributed by atoms with Gasteiger partial charge in [0, 0.05) is 6.42 Å². The van der Waals surface area contributed by atoms with Crippen molar-refractivity contribution in [2.45, 2.75) is 57.7 Å². The average Bonchev–Trinajstić information content (AvgIpc) is 2.60. The normalized spacial score (nSPS) is 15.5. The van der Waals surface area contributed by atoms with E-state index in [1.165, 1.54) is 0 Å². The maximum absolute atomic E-state index is 10.3. The topological polar surface area (TPSA) is 77.8 Å². The highest BCUT2D eigenvalue weighted by atomic mass is 16.4. The first-order chi connectivity index (χ1) is 12.6. The maximum atomic E-state index is 10.3.